The summed E-state index contributed by atoms with van der Waals surface area (Å²) in [7, 11) is 0. The van der Waals surface area contributed by atoms with Crippen LogP contribution in [0.1, 0.15) is 50.5 Å². The number of carbonyl (C=O) groups excluding carboxylic acids is 1. The van der Waals surface area contributed by atoms with Gasteiger partial charge in [-0.1, -0.05) is 49.6 Å². The maximum absolute atomic E-state index is 12.4. The molecule has 1 aliphatic carbocycles. The molecule has 1 aliphatic rings. The van der Waals surface area contributed by atoms with Crippen molar-refractivity contribution in [1.29, 1.82) is 0 Å². The number of nitrogens with one attached hydrogen (secondary N) is 1. The minimum Gasteiger partial charge on any atom is -0.441 e. The lowest BCUT2D eigenvalue weighted by Gasteiger charge is -2.23. The molecule has 1 fully saturated rings. The fourth-order valence-electron chi connectivity index (χ4n) is 3.62. The fraction of sp³-hybridized carbons (Fsp3) is 0.381. The van der Waals surface area contributed by atoms with Gasteiger partial charge in [0.05, 0.1) is 18.4 Å². The average Bonchev–Trinajstić information content (AvgIpc) is 3.37. The molecule has 0 bridgehead atoms. The SMILES string of the molecule is O=C(CCc1ncc(-c2ccccc2)o1)Nc1ccnn1C1CCCCC1. The van der Waals surface area contributed by atoms with Crippen LogP contribution in [0, 0.1) is 0 Å². The lowest BCUT2D eigenvalue weighted by Crippen LogP contribution is -2.20. The van der Waals surface area contributed by atoms with Crippen LogP contribution in [0.2, 0.25) is 0 Å². The first-order valence-electron chi connectivity index (χ1n) is 9.63. The highest BCUT2D eigenvalue weighted by Gasteiger charge is 2.19. The molecule has 4 rings (SSSR count). The summed E-state index contributed by atoms with van der Waals surface area (Å²) in [5.41, 5.74) is 0.983. The highest BCUT2D eigenvalue weighted by molar-refractivity contribution is 5.89. The van der Waals surface area contributed by atoms with Gasteiger partial charge in [-0.3, -0.25) is 4.79 Å². The molecule has 3 aromatic rings. The van der Waals surface area contributed by atoms with Crippen molar-refractivity contribution in [3.05, 3.63) is 54.7 Å². The molecule has 1 amide bonds. The van der Waals surface area contributed by atoms with Crippen molar-refractivity contribution in [2.24, 2.45) is 0 Å². The van der Waals surface area contributed by atoms with Crippen LogP contribution < -0.4 is 5.32 Å². The molecule has 0 spiro atoms. The second-order valence-electron chi connectivity index (χ2n) is 6.99. The third kappa shape index (κ3) is 4.27. The standard InChI is InChI=1S/C21H24N4O2/c26-20(24-19-13-14-23-25(19)17-9-5-2-6-10-17)11-12-21-22-15-18(27-21)16-7-3-1-4-8-16/h1,3-4,7-8,13-15,17H,2,5-6,9-12H2,(H,24,26). The van der Waals surface area contributed by atoms with E-state index in [2.05, 4.69) is 15.4 Å². The van der Waals surface area contributed by atoms with E-state index in [4.69, 9.17) is 4.42 Å². The zero-order valence-electron chi connectivity index (χ0n) is 15.3. The fourth-order valence-corrected chi connectivity index (χ4v) is 3.62. The molecule has 0 radical (unpaired) electrons. The van der Waals surface area contributed by atoms with Crippen molar-refractivity contribution in [3.8, 4) is 11.3 Å². The number of aromatic nitrogens is 3. The topological polar surface area (TPSA) is 73.0 Å². The lowest BCUT2D eigenvalue weighted by atomic mass is 9.96. The number of hydrogen-bond acceptors (Lipinski definition) is 4. The molecule has 0 saturated heterocycles. The second-order valence-corrected chi connectivity index (χ2v) is 6.99. The number of nitrogens with zero attached hydrogens (tertiary/aromatic N) is 3. The molecule has 6 nitrogen and oxygen atoms in total. The molecule has 1 N–H and O–H groups in total. The third-order valence-corrected chi connectivity index (χ3v) is 5.04. The summed E-state index contributed by atoms with van der Waals surface area (Å²) < 4.78 is 7.73. The first-order chi connectivity index (χ1) is 13.3. The number of hydrogen-bond donors (Lipinski definition) is 1. The Labute approximate surface area is 158 Å². The first kappa shape index (κ1) is 17.5. The molecular weight excluding hydrogens is 340 g/mol. The number of carbonyl (C=O) groups is 1. The van der Waals surface area contributed by atoms with Crippen molar-refractivity contribution in [3.63, 3.8) is 0 Å². The van der Waals surface area contributed by atoms with Crippen molar-refractivity contribution >= 4 is 11.7 Å². The van der Waals surface area contributed by atoms with E-state index in [1.165, 1.54) is 19.3 Å². The second kappa shape index (κ2) is 8.20. The Balaban J connectivity index is 1.33. The van der Waals surface area contributed by atoms with E-state index in [0.29, 0.717) is 24.8 Å². The van der Waals surface area contributed by atoms with Gasteiger partial charge in [-0.05, 0) is 12.8 Å². The molecule has 27 heavy (non-hydrogen) atoms. The number of rotatable bonds is 6. The summed E-state index contributed by atoms with van der Waals surface area (Å²) >= 11 is 0. The van der Waals surface area contributed by atoms with Crippen molar-refractivity contribution < 1.29 is 9.21 Å². The van der Waals surface area contributed by atoms with Gasteiger partial charge in [0, 0.05) is 24.5 Å². The van der Waals surface area contributed by atoms with Crippen LogP contribution in [-0.2, 0) is 11.2 Å². The quantitative estimate of drug-likeness (QED) is 0.693. The van der Waals surface area contributed by atoms with E-state index >= 15 is 0 Å². The van der Waals surface area contributed by atoms with E-state index in [-0.39, 0.29) is 5.91 Å². The molecule has 6 heteroatoms. The Bertz CT molecular complexity index is 878. The minimum absolute atomic E-state index is 0.0491. The summed E-state index contributed by atoms with van der Waals surface area (Å²) in [5.74, 6) is 2.03. The van der Waals surface area contributed by atoms with Crippen molar-refractivity contribution in [2.75, 3.05) is 5.32 Å². The van der Waals surface area contributed by atoms with Crippen LogP contribution in [0.25, 0.3) is 11.3 Å². The zero-order valence-corrected chi connectivity index (χ0v) is 15.3. The summed E-state index contributed by atoms with van der Waals surface area (Å²) in [6.07, 6.45) is 10.3. The van der Waals surface area contributed by atoms with Gasteiger partial charge in [-0.25, -0.2) is 9.67 Å². The summed E-state index contributed by atoms with van der Waals surface area (Å²) in [4.78, 5) is 16.7. The smallest absolute Gasteiger partial charge is 0.226 e. The largest absolute Gasteiger partial charge is 0.441 e. The van der Waals surface area contributed by atoms with Crippen LogP contribution in [-0.4, -0.2) is 20.7 Å². The van der Waals surface area contributed by atoms with Gasteiger partial charge in [0.25, 0.3) is 0 Å². The molecule has 0 atom stereocenters. The Morgan fingerprint density at radius 2 is 1.96 bits per heavy atom. The highest BCUT2D eigenvalue weighted by atomic mass is 16.4. The van der Waals surface area contributed by atoms with Crippen molar-refractivity contribution in [2.45, 2.75) is 51.0 Å². The summed E-state index contributed by atoms with van der Waals surface area (Å²) in [6, 6.07) is 12.1. The molecule has 2 heterocycles. The van der Waals surface area contributed by atoms with Crippen LogP contribution in [0.15, 0.2) is 53.2 Å². The highest BCUT2D eigenvalue weighted by Crippen LogP contribution is 2.30. The number of oxazole rings is 1. The predicted octanol–water partition coefficient (Wildman–Crippen LogP) is 4.61. The van der Waals surface area contributed by atoms with E-state index in [1.54, 1.807) is 12.4 Å². The Morgan fingerprint density at radius 3 is 2.78 bits per heavy atom. The molecule has 1 aromatic carbocycles. The van der Waals surface area contributed by atoms with Gasteiger partial charge in [0.15, 0.2) is 11.7 Å². The molecule has 2 aromatic heterocycles. The Hall–Kier alpha value is -2.89. The van der Waals surface area contributed by atoms with Gasteiger partial charge in [-0.15, -0.1) is 0 Å². The third-order valence-electron chi connectivity index (χ3n) is 5.04. The van der Waals surface area contributed by atoms with Gasteiger partial charge in [0.1, 0.15) is 5.82 Å². The summed E-state index contributed by atoms with van der Waals surface area (Å²) in [5, 5.41) is 7.41. The van der Waals surface area contributed by atoms with E-state index in [1.807, 2.05) is 41.1 Å². The van der Waals surface area contributed by atoms with Gasteiger partial charge >= 0.3 is 0 Å². The number of benzene rings is 1. The van der Waals surface area contributed by atoms with E-state index < -0.39 is 0 Å². The van der Waals surface area contributed by atoms with Gasteiger partial charge in [-0.2, -0.15) is 5.10 Å². The maximum atomic E-state index is 12.4. The maximum Gasteiger partial charge on any atom is 0.226 e. The van der Waals surface area contributed by atoms with Gasteiger partial charge in [0.2, 0.25) is 5.91 Å². The number of aryl methyl sites for hydroxylation is 1. The lowest BCUT2D eigenvalue weighted by molar-refractivity contribution is -0.116. The van der Waals surface area contributed by atoms with Gasteiger partial charge < -0.3 is 9.73 Å². The first-order valence-corrected chi connectivity index (χ1v) is 9.63. The Kier molecular flexibility index (Phi) is 5.32. The van der Waals surface area contributed by atoms with Crippen LogP contribution in [0.4, 0.5) is 5.82 Å². The Morgan fingerprint density at radius 1 is 1.15 bits per heavy atom. The zero-order chi connectivity index (χ0) is 18.5. The molecular formula is C21H24N4O2. The average molecular weight is 364 g/mol. The van der Waals surface area contributed by atoms with E-state index in [9.17, 15) is 4.79 Å². The normalized spacial score (nSPS) is 15.0. The molecule has 140 valence electrons. The van der Waals surface area contributed by atoms with Crippen LogP contribution in [0.5, 0.6) is 0 Å². The van der Waals surface area contributed by atoms with E-state index in [0.717, 1.165) is 30.0 Å². The molecule has 1 saturated carbocycles. The summed E-state index contributed by atoms with van der Waals surface area (Å²) in [6.45, 7) is 0. The van der Waals surface area contributed by atoms with Crippen molar-refractivity contribution in [1.82, 2.24) is 14.8 Å². The molecule has 0 aliphatic heterocycles. The van der Waals surface area contributed by atoms with Crippen LogP contribution >= 0.6 is 0 Å². The molecule has 0 unspecified atom stereocenters. The monoisotopic (exact) mass is 364 g/mol. The minimum atomic E-state index is -0.0491. The predicted molar refractivity (Wildman–Crippen MR) is 103 cm³/mol. The number of anilines is 1. The van der Waals surface area contributed by atoms with Crippen LogP contribution in [0.3, 0.4) is 0 Å². The number of amides is 1.